The lowest BCUT2D eigenvalue weighted by Crippen LogP contribution is -2.40. The molecule has 3 aliphatic rings. The number of ether oxygens (including phenoxy) is 1. The molecule has 0 spiro atoms. The Morgan fingerprint density at radius 1 is 1.21 bits per heavy atom. The second kappa shape index (κ2) is 9.19. The van der Waals surface area contributed by atoms with Crippen LogP contribution in [0.15, 0.2) is 41.5 Å². The van der Waals surface area contributed by atoms with Crippen molar-refractivity contribution in [3.05, 3.63) is 63.7 Å². The van der Waals surface area contributed by atoms with Gasteiger partial charge in [0.2, 0.25) is 0 Å². The van der Waals surface area contributed by atoms with E-state index in [2.05, 4.69) is 11.1 Å². The van der Waals surface area contributed by atoms with Gasteiger partial charge in [-0.05, 0) is 73.9 Å². The molecule has 0 radical (unpaired) electrons. The van der Waals surface area contributed by atoms with Gasteiger partial charge in [0.1, 0.15) is 6.07 Å². The standard InChI is InChI=1S/C27H28ClN3O2/c1-2-13-33-27(32)19-9-11-22-18(14-19)8-12-23-25(22)30-31(26(23)17-5-3-4-6-17)21-10-7-20(16-29)24(28)15-21/h7,9-11,14-15,17,23,26H,2-6,8,12-13H2,1H3/t23-,26-/m0/s1. The number of carbonyl (C=O) groups excluding carboxylic acids is 1. The predicted molar refractivity (Wildman–Crippen MR) is 130 cm³/mol. The lowest BCUT2D eigenvalue weighted by molar-refractivity contribution is 0.0505. The molecule has 33 heavy (non-hydrogen) atoms. The van der Waals surface area contributed by atoms with E-state index in [0.29, 0.717) is 40.6 Å². The van der Waals surface area contributed by atoms with Gasteiger partial charge in [0.15, 0.2) is 0 Å². The van der Waals surface area contributed by atoms with Crippen molar-refractivity contribution in [2.24, 2.45) is 16.9 Å². The van der Waals surface area contributed by atoms with Gasteiger partial charge >= 0.3 is 5.97 Å². The summed E-state index contributed by atoms with van der Waals surface area (Å²) in [4.78, 5) is 12.4. The van der Waals surface area contributed by atoms with Crippen LogP contribution in [0.5, 0.6) is 0 Å². The van der Waals surface area contributed by atoms with Gasteiger partial charge in [-0.25, -0.2) is 4.79 Å². The van der Waals surface area contributed by atoms with Gasteiger partial charge < -0.3 is 4.74 Å². The summed E-state index contributed by atoms with van der Waals surface area (Å²) >= 11 is 6.39. The number of nitrogens with zero attached hydrogens (tertiary/aromatic N) is 3. The predicted octanol–water partition coefficient (Wildman–Crippen LogP) is 6.12. The molecule has 170 valence electrons. The number of hydrogen-bond donors (Lipinski definition) is 0. The summed E-state index contributed by atoms with van der Waals surface area (Å²) in [7, 11) is 0. The first-order chi connectivity index (χ1) is 16.1. The molecule has 2 aromatic carbocycles. The molecule has 0 aromatic heterocycles. The molecule has 6 heteroatoms. The van der Waals surface area contributed by atoms with Crippen LogP contribution in [0.25, 0.3) is 0 Å². The summed E-state index contributed by atoms with van der Waals surface area (Å²) in [5, 5.41) is 17.1. The normalized spacial score (nSPS) is 21.8. The summed E-state index contributed by atoms with van der Waals surface area (Å²) in [6, 6.07) is 14.0. The number of hydrogen-bond acceptors (Lipinski definition) is 5. The Morgan fingerprint density at radius 2 is 2.03 bits per heavy atom. The summed E-state index contributed by atoms with van der Waals surface area (Å²) < 4.78 is 5.33. The van der Waals surface area contributed by atoms with E-state index in [1.54, 1.807) is 6.07 Å². The van der Waals surface area contributed by atoms with E-state index in [-0.39, 0.29) is 5.97 Å². The molecule has 1 aliphatic heterocycles. The molecule has 1 heterocycles. The van der Waals surface area contributed by atoms with Crippen LogP contribution in [0.3, 0.4) is 0 Å². The third-order valence-corrected chi connectivity index (χ3v) is 7.57. The van der Waals surface area contributed by atoms with Crippen LogP contribution in [0.1, 0.15) is 72.5 Å². The highest BCUT2D eigenvalue weighted by Crippen LogP contribution is 2.45. The molecule has 0 amide bonds. The zero-order valence-corrected chi connectivity index (χ0v) is 19.6. The van der Waals surface area contributed by atoms with Gasteiger partial charge in [0.05, 0.1) is 40.2 Å². The minimum absolute atomic E-state index is 0.257. The second-order valence-corrected chi connectivity index (χ2v) is 9.70. The summed E-state index contributed by atoms with van der Waals surface area (Å²) in [6.07, 6.45) is 7.74. The van der Waals surface area contributed by atoms with Crippen molar-refractivity contribution >= 4 is 29.0 Å². The van der Waals surface area contributed by atoms with E-state index in [9.17, 15) is 10.1 Å². The highest BCUT2D eigenvalue weighted by Gasteiger charge is 2.45. The third kappa shape index (κ3) is 4.02. The summed E-state index contributed by atoms with van der Waals surface area (Å²) in [5.41, 5.74) is 5.46. The monoisotopic (exact) mass is 461 g/mol. The summed E-state index contributed by atoms with van der Waals surface area (Å²) in [5.74, 6) is 0.691. The minimum atomic E-state index is -0.257. The quantitative estimate of drug-likeness (QED) is 0.503. The van der Waals surface area contributed by atoms with Gasteiger partial charge in [-0.15, -0.1) is 0 Å². The fraction of sp³-hybridized carbons (Fsp3) is 0.444. The zero-order valence-electron chi connectivity index (χ0n) is 18.9. The van der Waals surface area contributed by atoms with Crippen LogP contribution in [-0.2, 0) is 11.2 Å². The number of rotatable bonds is 5. The van der Waals surface area contributed by atoms with E-state index < -0.39 is 0 Å². The smallest absolute Gasteiger partial charge is 0.338 e. The molecule has 0 saturated heterocycles. The van der Waals surface area contributed by atoms with Crippen molar-refractivity contribution < 1.29 is 9.53 Å². The maximum absolute atomic E-state index is 12.4. The van der Waals surface area contributed by atoms with Crippen LogP contribution < -0.4 is 5.01 Å². The van der Waals surface area contributed by atoms with Crippen LogP contribution in [0, 0.1) is 23.2 Å². The second-order valence-electron chi connectivity index (χ2n) is 9.29. The first-order valence-electron chi connectivity index (χ1n) is 12.0. The average molecular weight is 462 g/mol. The van der Waals surface area contributed by atoms with Crippen molar-refractivity contribution in [1.29, 1.82) is 5.26 Å². The fourth-order valence-electron chi connectivity index (χ4n) is 5.71. The Balaban J connectivity index is 1.52. The maximum Gasteiger partial charge on any atom is 0.338 e. The average Bonchev–Trinajstić information content (AvgIpc) is 3.49. The zero-order chi connectivity index (χ0) is 22.9. The van der Waals surface area contributed by atoms with Crippen LogP contribution in [0.2, 0.25) is 5.02 Å². The van der Waals surface area contributed by atoms with Crippen LogP contribution in [0.4, 0.5) is 5.69 Å². The Hall–Kier alpha value is -2.84. The molecule has 5 rings (SSSR count). The number of aryl methyl sites for hydroxylation is 1. The Kier molecular flexibility index (Phi) is 6.12. The van der Waals surface area contributed by atoms with E-state index in [4.69, 9.17) is 21.4 Å². The molecule has 1 fully saturated rings. The molecule has 5 nitrogen and oxygen atoms in total. The lowest BCUT2D eigenvalue weighted by Gasteiger charge is -2.34. The number of carbonyl (C=O) groups is 1. The Morgan fingerprint density at radius 3 is 2.76 bits per heavy atom. The van der Waals surface area contributed by atoms with Crippen LogP contribution >= 0.6 is 11.6 Å². The number of anilines is 1. The third-order valence-electron chi connectivity index (χ3n) is 7.26. The van der Waals surface area contributed by atoms with Crippen molar-refractivity contribution in [2.45, 2.75) is 57.9 Å². The molecular weight excluding hydrogens is 434 g/mol. The van der Waals surface area contributed by atoms with Crippen molar-refractivity contribution in [1.82, 2.24) is 0 Å². The van der Waals surface area contributed by atoms with Gasteiger partial charge in [0, 0.05) is 11.5 Å². The first kappa shape index (κ1) is 22.0. The van der Waals surface area contributed by atoms with Crippen LogP contribution in [-0.4, -0.2) is 24.3 Å². The first-order valence-corrected chi connectivity index (χ1v) is 12.4. The number of nitriles is 1. The topological polar surface area (TPSA) is 65.7 Å². The molecule has 2 aliphatic carbocycles. The molecule has 2 atom stereocenters. The van der Waals surface area contributed by atoms with Gasteiger partial charge in [-0.3, -0.25) is 5.01 Å². The van der Waals surface area contributed by atoms with E-state index >= 15 is 0 Å². The largest absolute Gasteiger partial charge is 0.462 e. The molecule has 1 saturated carbocycles. The van der Waals surface area contributed by atoms with Gasteiger partial charge in [-0.2, -0.15) is 10.4 Å². The van der Waals surface area contributed by atoms with E-state index in [0.717, 1.165) is 36.2 Å². The molecule has 0 bridgehead atoms. The SMILES string of the molecule is CCCOC(=O)c1ccc2c(c1)CC[C@H]1C2=NN(c2ccc(C#N)c(Cl)c2)[C@H]1C1CCCC1. The molecular formula is C27H28ClN3O2. The van der Waals surface area contributed by atoms with E-state index in [1.165, 1.54) is 31.2 Å². The van der Waals surface area contributed by atoms with Crippen molar-refractivity contribution in [3.63, 3.8) is 0 Å². The maximum atomic E-state index is 12.4. The highest BCUT2D eigenvalue weighted by atomic mass is 35.5. The minimum Gasteiger partial charge on any atom is -0.462 e. The van der Waals surface area contributed by atoms with Gasteiger partial charge in [-0.1, -0.05) is 37.4 Å². The number of fused-ring (bicyclic) bond motifs is 3. The number of hydrazone groups is 1. The Bertz CT molecular complexity index is 1150. The number of halogens is 1. The molecule has 2 aromatic rings. The highest BCUT2D eigenvalue weighted by molar-refractivity contribution is 6.32. The summed E-state index contributed by atoms with van der Waals surface area (Å²) in [6.45, 7) is 2.43. The number of benzene rings is 2. The fourth-order valence-corrected chi connectivity index (χ4v) is 5.93. The Labute approximate surface area is 200 Å². The van der Waals surface area contributed by atoms with Gasteiger partial charge in [0.25, 0.3) is 0 Å². The lowest BCUT2D eigenvalue weighted by atomic mass is 9.75. The van der Waals surface area contributed by atoms with Crippen molar-refractivity contribution in [3.8, 4) is 6.07 Å². The van der Waals surface area contributed by atoms with E-state index in [1.807, 2.05) is 37.3 Å². The molecule has 0 N–H and O–H groups in total. The number of esters is 1. The van der Waals surface area contributed by atoms with Crippen molar-refractivity contribution in [2.75, 3.05) is 11.6 Å². The molecule has 0 unspecified atom stereocenters.